The molecule has 0 N–H and O–H groups in total. The van der Waals surface area contributed by atoms with Crippen LogP contribution in [-0.2, 0) is 9.59 Å². The van der Waals surface area contributed by atoms with Crippen molar-refractivity contribution in [3.05, 3.63) is 59.5 Å². The van der Waals surface area contributed by atoms with Gasteiger partial charge in [-0.25, -0.2) is 4.79 Å². The lowest BCUT2D eigenvalue weighted by atomic mass is 10.4. The number of aromatic nitrogens is 2. The van der Waals surface area contributed by atoms with Crippen molar-refractivity contribution in [1.82, 2.24) is 9.97 Å². The van der Waals surface area contributed by atoms with E-state index >= 15 is 0 Å². The molecule has 0 atom stereocenters. The Hall–Kier alpha value is -3.72. The first-order chi connectivity index (χ1) is 13.4. The van der Waals surface area contributed by atoms with Gasteiger partial charge in [0.15, 0.2) is 0 Å². The quantitative estimate of drug-likeness (QED) is 0.192. The van der Waals surface area contributed by atoms with Crippen LogP contribution in [0.1, 0.15) is 0 Å². The molecule has 3 heterocycles. The predicted molar refractivity (Wildman–Crippen MR) is 106 cm³/mol. The van der Waals surface area contributed by atoms with Crippen molar-refractivity contribution in [2.24, 2.45) is 20.1 Å². The van der Waals surface area contributed by atoms with Crippen LogP contribution >= 0.6 is 0 Å². The van der Waals surface area contributed by atoms with Crippen molar-refractivity contribution in [1.29, 1.82) is 0 Å². The molecular formula is C16H19N9O2Si. The lowest BCUT2D eigenvalue weighted by Crippen LogP contribution is -2.21. The van der Waals surface area contributed by atoms with Gasteiger partial charge in [-0.15, -0.1) is 4.78 Å². The van der Waals surface area contributed by atoms with E-state index in [0.29, 0.717) is 11.4 Å². The van der Waals surface area contributed by atoms with Crippen molar-refractivity contribution < 1.29 is 9.59 Å². The highest BCUT2D eigenvalue weighted by atomic mass is 28.3. The largest absolute Gasteiger partial charge is 0.272 e. The lowest BCUT2D eigenvalue weighted by molar-refractivity contribution is -0.116. The topological polar surface area (TPSA) is 149 Å². The molecule has 0 spiro atoms. The van der Waals surface area contributed by atoms with Crippen molar-refractivity contribution in [3.63, 3.8) is 0 Å². The van der Waals surface area contributed by atoms with Crippen LogP contribution in [0.3, 0.4) is 0 Å². The number of hydrogen-bond donors (Lipinski definition) is 0. The number of anilines is 1. The zero-order valence-electron chi connectivity index (χ0n) is 15.7. The van der Waals surface area contributed by atoms with E-state index in [0.717, 1.165) is 0 Å². The second-order valence-corrected chi connectivity index (χ2v) is 10.6. The van der Waals surface area contributed by atoms with E-state index in [1.807, 2.05) is 19.6 Å². The number of isocyanates is 1. The Kier molecular flexibility index (Phi) is 9.41. The van der Waals surface area contributed by atoms with E-state index in [9.17, 15) is 9.59 Å². The third-order valence-corrected chi connectivity index (χ3v) is 3.34. The molecule has 12 heteroatoms. The molecule has 2 aromatic rings. The average Bonchev–Trinajstić information content (AvgIpc) is 3.10. The van der Waals surface area contributed by atoms with Gasteiger partial charge in [-0.05, 0) is 34.7 Å². The summed E-state index contributed by atoms with van der Waals surface area (Å²) >= 11 is 0. The van der Waals surface area contributed by atoms with Crippen LogP contribution in [0.15, 0.2) is 69.2 Å². The van der Waals surface area contributed by atoms with E-state index in [4.69, 9.17) is 5.53 Å². The lowest BCUT2D eigenvalue weighted by Gasteiger charge is -2.07. The molecule has 11 nitrogen and oxygen atoms in total. The van der Waals surface area contributed by atoms with Gasteiger partial charge in [0.2, 0.25) is 6.08 Å². The Labute approximate surface area is 162 Å². The van der Waals surface area contributed by atoms with Crippen LogP contribution in [0.25, 0.3) is 10.4 Å². The number of carbonyl (C=O) groups is 1. The Morgan fingerprint density at radius 2 is 1.86 bits per heavy atom. The first kappa shape index (κ1) is 22.3. The van der Waals surface area contributed by atoms with Crippen molar-refractivity contribution in [3.8, 4) is 0 Å². The summed E-state index contributed by atoms with van der Waals surface area (Å²) in [5, 5.41) is 8.49. The fourth-order valence-electron chi connectivity index (χ4n) is 1.55. The van der Waals surface area contributed by atoms with Gasteiger partial charge in [-0.2, -0.15) is 15.1 Å². The summed E-state index contributed by atoms with van der Waals surface area (Å²) in [5.74, 6) is -0.122. The van der Waals surface area contributed by atoms with E-state index in [2.05, 4.69) is 35.0 Å². The third-order valence-electron chi connectivity index (χ3n) is 2.65. The van der Waals surface area contributed by atoms with Crippen LogP contribution < -0.4 is 5.01 Å². The third kappa shape index (κ3) is 9.11. The van der Waals surface area contributed by atoms with E-state index < -0.39 is 8.24 Å². The summed E-state index contributed by atoms with van der Waals surface area (Å²) in [6, 6.07) is 6.89. The molecule has 1 amide bonds. The standard InChI is InChI=1S/C7H6N4O.C6H4N2O.C3H9N3Si/c12-7-5-9-10-11(7)6-2-1-3-8-4-6;9-5-8-6-2-1-3-7-4-6;1-7(2,3)6-5-4/h1-4H,5H2;1-4H;1-3H3. The summed E-state index contributed by atoms with van der Waals surface area (Å²) in [5.41, 5.74) is 9.09. The molecule has 1 aliphatic heterocycles. The number of aliphatic imine (C=N–C) groups is 1. The monoisotopic (exact) mass is 397 g/mol. The fourth-order valence-corrected chi connectivity index (χ4v) is 1.82. The fraction of sp³-hybridized carbons (Fsp3) is 0.250. The minimum absolute atomic E-state index is 0.122. The molecule has 0 unspecified atom stereocenters. The van der Waals surface area contributed by atoms with Crippen molar-refractivity contribution in [2.75, 3.05) is 11.6 Å². The number of nitrogens with zero attached hydrogens (tertiary/aromatic N) is 9. The molecular weight excluding hydrogens is 378 g/mol. The molecule has 2 aromatic heterocycles. The Bertz CT molecular complexity index is 872. The second kappa shape index (κ2) is 11.8. The number of pyridine rings is 2. The van der Waals surface area contributed by atoms with Gasteiger partial charge in [0.25, 0.3) is 5.91 Å². The number of rotatable bonds is 3. The Morgan fingerprint density at radius 3 is 2.25 bits per heavy atom. The van der Waals surface area contributed by atoms with Crippen molar-refractivity contribution >= 4 is 31.6 Å². The van der Waals surface area contributed by atoms with Gasteiger partial charge < -0.3 is 0 Å². The molecule has 3 rings (SSSR count). The molecule has 0 aliphatic carbocycles. The number of azide groups is 1. The van der Waals surface area contributed by atoms with Gasteiger partial charge in [-0.1, -0.05) is 24.9 Å². The highest BCUT2D eigenvalue weighted by Gasteiger charge is 2.19. The average molecular weight is 397 g/mol. The summed E-state index contributed by atoms with van der Waals surface area (Å²) in [7, 11) is -1.45. The number of amides is 1. The molecule has 144 valence electrons. The molecule has 0 saturated carbocycles. The summed E-state index contributed by atoms with van der Waals surface area (Å²) < 4.78 is 3.58. The highest BCUT2D eigenvalue weighted by molar-refractivity contribution is 6.74. The van der Waals surface area contributed by atoms with E-state index in [-0.39, 0.29) is 12.5 Å². The Morgan fingerprint density at radius 1 is 1.18 bits per heavy atom. The molecule has 0 saturated heterocycles. The maximum absolute atomic E-state index is 11.1. The second-order valence-electron chi connectivity index (χ2n) is 6.08. The first-order valence-corrected chi connectivity index (χ1v) is 11.5. The maximum Gasteiger partial charge on any atom is 0.272 e. The maximum atomic E-state index is 11.1. The smallest absolute Gasteiger partial charge is 0.270 e. The van der Waals surface area contributed by atoms with E-state index in [1.54, 1.807) is 42.9 Å². The Balaban J connectivity index is 0.000000220. The van der Waals surface area contributed by atoms with Gasteiger partial charge in [0.1, 0.15) is 14.8 Å². The molecule has 0 aromatic carbocycles. The van der Waals surface area contributed by atoms with Crippen LogP contribution in [0, 0.1) is 0 Å². The molecule has 0 radical (unpaired) electrons. The van der Waals surface area contributed by atoms with Gasteiger partial charge in [0.05, 0.1) is 23.8 Å². The van der Waals surface area contributed by atoms with Gasteiger partial charge >= 0.3 is 0 Å². The minimum atomic E-state index is -1.45. The van der Waals surface area contributed by atoms with Gasteiger partial charge in [-0.3, -0.25) is 14.8 Å². The van der Waals surface area contributed by atoms with Crippen molar-refractivity contribution in [2.45, 2.75) is 19.6 Å². The first-order valence-electron chi connectivity index (χ1n) is 8.02. The number of hydrogen-bond acceptors (Lipinski definition) is 8. The molecule has 28 heavy (non-hydrogen) atoms. The van der Waals surface area contributed by atoms with Crippen LogP contribution in [0.2, 0.25) is 19.6 Å². The minimum Gasteiger partial charge on any atom is -0.270 e. The summed E-state index contributed by atoms with van der Waals surface area (Å²) in [6.07, 6.45) is 7.74. The van der Waals surface area contributed by atoms with E-state index in [1.165, 1.54) is 17.3 Å². The molecule has 0 bridgehead atoms. The van der Waals surface area contributed by atoms with Crippen LogP contribution in [0.4, 0.5) is 11.4 Å². The molecule has 1 aliphatic rings. The number of carbonyl (C=O) groups excluding carboxylic acids is 2. The summed E-state index contributed by atoms with van der Waals surface area (Å²) in [6.45, 7) is 6.11. The highest BCUT2D eigenvalue weighted by Crippen LogP contribution is 2.15. The normalized spacial score (nSPS) is 11.8. The zero-order valence-corrected chi connectivity index (χ0v) is 16.7. The zero-order chi connectivity index (χ0) is 20.8. The SMILES string of the molecule is C[Si](C)(C)N=[N+]=[N-].O=C1CN=NN1c1cccnc1.O=C=Nc1cccnc1. The predicted octanol–water partition coefficient (Wildman–Crippen LogP) is 3.98. The molecule has 0 fully saturated rings. The van der Waals surface area contributed by atoms with Crippen LogP contribution in [-0.4, -0.2) is 36.7 Å². The summed E-state index contributed by atoms with van der Waals surface area (Å²) in [4.78, 5) is 34.4. The van der Waals surface area contributed by atoms with Gasteiger partial charge in [0, 0.05) is 12.4 Å². The van der Waals surface area contributed by atoms with Crippen LogP contribution in [0.5, 0.6) is 0 Å².